The number of rotatable bonds is 4. The number of pyridine rings is 1. The molecule has 118 valence electrons. The van der Waals surface area contributed by atoms with Crippen LogP contribution in [0.3, 0.4) is 0 Å². The van der Waals surface area contributed by atoms with Gasteiger partial charge in [-0.25, -0.2) is 4.98 Å². The van der Waals surface area contributed by atoms with Crippen molar-refractivity contribution in [2.45, 2.75) is 50.1 Å². The van der Waals surface area contributed by atoms with Crippen molar-refractivity contribution in [2.24, 2.45) is 0 Å². The molecule has 1 fully saturated rings. The molecule has 0 aromatic carbocycles. The molecule has 1 aliphatic rings. The maximum Gasteiger partial charge on any atom is 0.224 e. The van der Waals surface area contributed by atoms with E-state index >= 15 is 0 Å². The molecule has 3 rings (SSSR count). The number of hydrogen-bond donors (Lipinski definition) is 1. The Hall–Kier alpha value is -1.56. The van der Waals surface area contributed by atoms with Crippen LogP contribution in [0.15, 0.2) is 23.2 Å². The molecule has 2 heterocycles. The van der Waals surface area contributed by atoms with Gasteiger partial charge in [0.15, 0.2) is 0 Å². The van der Waals surface area contributed by atoms with E-state index < -0.39 is 5.95 Å². The summed E-state index contributed by atoms with van der Waals surface area (Å²) < 4.78 is 16.3. The van der Waals surface area contributed by atoms with Gasteiger partial charge in [-0.2, -0.15) is 9.49 Å². The number of anilines is 1. The normalized spacial score (nSPS) is 15.1. The van der Waals surface area contributed by atoms with E-state index in [4.69, 9.17) is 0 Å². The van der Waals surface area contributed by atoms with Gasteiger partial charge in [0.1, 0.15) is 11.5 Å². The number of halogens is 1. The van der Waals surface area contributed by atoms with Gasteiger partial charge in [-0.15, -0.1) is 11.8 Å². The molecule has 0 spiro atoms. The highest BCUT2D eigenvalue weighted by Gasteiger charge is 2.23. The molecule has 0 aliphatic heterocycles. The summed E-state index contributed by atoms with van der Waals surface area (Å²) >= 11 is 1.57. The number of hydrogen-bond acceptors (Lipinski definition) is 4. The van der Waals surface area contributed by atoms with Crippen molar-refractivity contribution in [3.8, 4) is 11.3 Å². The summed E-state index contributed by atoms with van der Waals surface area (Å²) in [6, 6.07) is 4.05. The number of nitrogens with one attached hydrogen (secondary N) is 1. The summed E-state index contributed by atoms with van der Waals surface area (Å²) in [5.74, 6) is 0.129. The standard InChI is InChI=1S/C16H21FN4S/c1-16(2,3)21-9-12(22-4)14(20-21)11-7-8-13(19-15(11)17)18-10-5-6-10/h7-10H,5-6H2,1-4H3,(H,18,19). The summed E-state index contributed by atoms with van der Waals surface area (Å²) in [6.07, 6.45) is 6.22. The minimum absolute atomic E-state index is 0.139. The first kappa shape index (κ1) is 15.3. The van der Waals surface area contributed by atoms with Crippen LogP contribution in [-0.2, 0) is 5.54 Å². The molecule has 4 nitrogen and oxygen atoms in total. The minimum Gasteiger partial charge on any atom is -0.367 e. The third-order valence-electron chi connectivity index (χ3n) is 3.62. The summed E-state index contributed by atoms with van der Waals surface area (Å²) in [7, 11) is 0. The lowest BCUT2D eigenvalue weighted by molar-refractivity contribution is 0.355. The van der Waals surface area contributed by atoms with E-state index in [1.807, 2.05) is 23.2 Å². The van der Waals surface area contributed by atoms with Gasteiger partial charge in [0.25, 0.3) is 0 Å². The Balaban J connectivity index is 1.97. The van der Waals surface area contributed by atoms with Crippen LogP contribution in [0.25, 0.3) is 11.3 Å². The second kappa shape index (κ2) is 5.57. The molecular weight excluding hydrogens is 299 g/mol. The van der Waals surface area contributed by atoms with E-state index in [0.717, 1.165) is 17.7 Å². The smallest absolute Gasteiger partial charge is 0.224 e. The van der Waals surface area contributed by atoms with E-state index in [0.29, 0.717) is 23.1 Å². The largest absolute Gasteiger partial charge is 0.367 e. The Morgan fingerprint density at radius 2 is 2.05 bits per heavy atom. The third-order valence-corrected chi connectivity index (χ3v) is 4.36. The van der Waals surface area contributed by atoms with Crippen LogP contribution in [0.2, 0.25) is 0 Å². The second-order valence-electron chi connectivity index (χ2n) is 6.61. The van der Waals surface area contributed by atoms with Gasteiger partial charge in [-0.05, 0) is 52.0 Å². The molecule has 1 N–H and O–H groups in total. The van der Waals surface area contributed by atoms with Gasteiger partial charge in [-0.1, -0.05) is 0 Å². The Morgan fingerprint density at radius 1 is 1.32 bits per heavy atom. The first-order valence-corrected chi connectivity index (χ1v) is 8.68. The summed E-state index contributed by atoms with van der Waals surface area (Å²) in [5, 5.41) is 7.79. The molecule has 0 unspecified atom stereocenters. The van der Waals surface area contributed by atoms with Crippen molar-refractivity contribution in [3.05, 3.63) is 24.3 Å². The topological polar surface area (TPSA) is 42.7 Å². The first-order valence-electron chi connectivity index (χ1n) is 7.46. The third kappa shape index (κ3) is 3.11. The van der Waals surface area contributed by atoms with Crippen LogP contribution in [0.1, 0.15) is 33.6 Å². The Labute approximate surface area is 134 Å². The van der Waals surface area contributed by atoms with Crippen LogP contribution >= 0.6 is 11.8 Å². The predicted molar refractivity (Wildman–Crippen MR) is 88.8 cm³/mol. The molecular formula is C16H21FN4S. The Morgan fingerprint density at radius 3 is 2.59 bits per heavy atom. The van der Waals surface area contributed by atoms with Crippen molar-refractivity contribution < 1.29 is 4.39 Å². The molecule has 1 aliphatic carbocycles. The molecule has 2 aromatic rings. The van der Waals surface area contributed by atoms with E-state index in [-0.39, 0.29) is 5.54 Å². The van der Waals surface area contributed by atoms with E-state index in [1.54, 1.807) is 17.8 Å². The molecule has 6 heteroatoms. The monoisotopic (exact) mass is 320 g/mol. The van der Waals surface area contributed by atoms with Crippen LogP contribution in [0.5, 0.6) is 0 Å². The zero-order chi connectivity index (χ0) is 15.9. The highest BCUT2D eigenvalue weighted by atomic mass is 32.2. The fourth-order valence-electron chi connectivity index (χ4n) is 2.17. The molecule has 0 radical (unpaired) electrons. The molecule has 0 atom stereocenters. The lowest BCUT2D eigenvalue weighted by atomic mass is 10.1. The average molecular weight is 320 g/mol. The fraction of sp³-hybridized carbons (Fsp3) is 0.500. The van der Waals surface area contributed by atoms with E-state index in [1.165, 1.54) is 0 Å². The molecule has 0 amide bonds. The zero-order valence-electron chi connectivity index (χ0n) is 13.4. The van der Waals surface area contributed by atoms with Crippen LogP contribution in [-0.4, -0.2) is 27.1 Å². The SMILES string of the molecule is CSc1cn(C(C)(C)C)nc1-c1ccc(NC2CC2)nc1F. The van der Waals surface area contributed by atoms with Crippen molar-refractivity contribution in [2.75, 3.05) is 11.6 Å². The molecule has 2 aromatic heterocycles. The number of nitrogens with zero attached hydrogens (tertiary/aromatic N) is 3. The summed E-state index contributed by atoms with van der Waals surface area (Å²) in [6.45, 7) is 6.22. The molecule has 1 saturated carbocycles. The molecule has 22 heavy (non-hydrogen) atoms. The fourth-order valence-corrected chi connectivity index (χ4v) is 2.72. The summed E-state index contributed by atoms with van der Waals surface area (Å²) in [5.41, 5.74) is 0.971. The van der Waals surface area contributed by atoms with Gasteiger partial charge in [-0.3, -0.25) is 4.68 Å². The van der Waals surface area contributed by atoms with Crippen LogP contribution in [0.4, 0.5) is 10.2 Å². The van der Waals surface area contributed by atoms with Crippen molar-refractivity contribution in [1.82, 2.24) is 14.8 Å². The number of thioether (sulfide) groups is 1. The van der Waals surface area contributed by atoms with Crippen LogP contribution in [0, 0.1) is 5.95 Å². The highest BCUT2D eigenvalue weighted by Crippen LogP contribution is 2.33. The van der Waals surface area contributed by atoms with Crippen molar-refractivity contribution >= 4 is 17.6 Å². The highest BCUT2D eigenvalue weighted by molar-refractivity contribution is 7.98. The Bertz CT molecular complexity index is 686. The maximum absolute atomic E-state index is 14.4. The second-order valence-corrected chi connectivity index (χ2v) is 7.46. The number of aromatic nitrogens is 3. The first-order chi connectivity index (χ1) is 10.4. The summed E-state index contributed by atoms with van der Waals surface area (Å²) in [4.78, 5) is 5.00. The van der Waals surface area contributed by atoms with Gasteiger partial charge in [0.2, 0.25) is 5.95 Å². The predicted octanol–water partition coefficient (Wildman–Crippen LogP) is 4.14. The quantitative estimate of drug-likeness (QED) is 0.679. The lowest BCUT2D eigenvalue weighted by Gasteiger charge is -2.18. The van der Waals surface area contributed by atoms with Gasteiger partial charge >= 0.3 is 0 Å². The van der Waals surface area contributed by atoms with Gasteiger partial charge in [0.05, 0.1) is 16.0 Å². The van der Waals surface area contributed by atoms with Crippen LogP contribution < -0.4 is 5.32 Å². The molecule has 0 bridgehead atoms. The van der Waals surface area contributed by atoms with E-state index in [9.17, 15) is 4.39 Å². The minimum atomic E-state index is -0.472. The van der Waals surface area contributed by atoms with Crippen molar-refractivity contribution in [3.63, 3.8) is 0 Å². The zero-order valence-corrected chi connectivity index (χ0v) is 14.2. The Kier molecular flexibility index (Phi) is 3.89. The maximum atomic E-state index is 14.4. The van der Waals surface area contributed by atoms with E-state index in [2.05, 4.69) is 36.2 Å². The van der Waals surface area contributed by atoms with Gasteiger partial charge < -0.3 is 5.32 Å². The molecule has 0 saturated heterocycles. The average Bonchev–Trinajstić information content (AvgIpc) is 3.14. The van der Waals surface area contributed by atoms with Gasteiger partial charge in [0, 0.05) is 12.2 Å². The van der Waals surface area contributed by atoms with Crippen molar-refractivity contribution in [1.29, 1.82) is 0 Å². The lowest BCUT2D eigenvalue weighted by Crippen LogP contribution is -2.22.